The Kier molecular flexibility index (Phi) is 7.12. The highest BCUT2D eigenvalue weighted by Crippen LogP contribution is 2.28. The number of thioether (sulfide) groups is 1. The van der Waals surface area contributed by atoms with Crippen LogP contribution >= 0.6 is 11.8 Å². The third-order valence-corrected chi connectivity index (χ3v) is 6.88. The molecule has 2 aromatic carbocycles. The zero-order valence-electron chi connectivity index (χ0n) is 16.9. The summed E-state index contributed by atoms with van der Waals surface area (Å²) in [6, 6.07) is 16.1. The molecule has 154 valence electrons. The van der Waals surface area contributed by atoms with Crippen molar-refractivity contribution in [3.63, 3.8) is 0 Å². The van der Waals surface area contributed by atoms with Gasteiger partial charge in [-0.25, -0.2) is 0 Å². The van der Waals surface area contributed by atoms with Gasteiger partial charge in [0.2, 0.25) is 0 Å². The van der Waals surface area contributed by atoms with E-state index in [1.807, 2.05) is 36.4 Å². The number of anilines is 2. The van der Waals surface area contributed by atoms with E-state index in [4.69, 9.17) is 4.74 Å². The second-order valence-electron chi connectivity index (χ2n) is 7.84. The smallest absolute Gasteiger partial charge is 0.256 e. The third kappa shape index (κ3) is 5.55. The molecule has 2 aromatic rings. The van der Waals surface area contributed by atoms with E-state index in [0.717, 1.165) is 54.4 Å². The Morgan fingerprint density at radius 3 is 2.48 bits per heavy atom. The van der Waals surface area contributed by atoms with E-state index in [1.54, 1.807) is 11.8 Å². The van der Waals surface area contributed by atoms with Gasteiger partial charge < -0.3 is 15.0 Å². The van der Waals surface area contributed by atoms with Gasteiger partial charge >= 0.3 is 0 Å². The number of ether oxygens (including phenoxy) is 1. The summed E-state index contributed by atoms with van der Waals surface area (Å²) in [5.74, 6) is 0.845. The van der Waals surface area contributed by atoms with Crippen molar-refractivity contribution >= 4 is 29.0 Å². The Labute approximate surface area is 178 Å². The average Bonchev–Trinajstić information content (AvgIpc) is 3.13. The first-order valence-electron chi connectivity index (χ1n) is 10.8. The van der Waals surface area contributed by atoms with Gasteiger partial charge in [0, 0.05) is 41.7 Å². The molecule has 2 saturated heterocycles. The Balaban J connectivity index is 1.38. The Morgan fingerprint density at radius 2 is 1.76 bits per heavy atom. The number of benzene rings is 2. The number of carbonyl (C=O) groups is 1. The minimum Gasteiger partial charge on any atom is -0.377 e. The SMILES string of the molecule is O=C(Nc1ccc(N2CCCCCC2)cc1)c1ccccc1SC[C@H]1CCCO1. The van der Waals surface area contributed by atoms with Crippen LogP contribution < -0.4 is 10.2 Å². The lowest BCUT2D eigenvalue weighted by Gasteiger charge is -2.22. The molecule has 2 fully saturated rings. The van der Waals surface area contributed by atoms with Gasteiger partial charge in [-0.15, -0.1) is 11.8 Å². The number of hydrogen-bond donors (Lipinski definition) is 1. The van der Waals surface area contributed by atoms with E-state index < -0.39 is 0 Å². The number of nitrogens with zero attached hydrogens (tertiary/aromatic N) is 1. The summed E-state index contributed by atoms with van der Waals surface area (Å²) in [4.78, 5) is 16.4. The minimum absolute atomic E-state index is 0.0528. The van der Waals surface area contributed by atoms with Crippen LogP contribution in [0.15, 0.2) is 53.4 Å². The van der Waals surface area contributed by atoms with E-state index in [1.165, 1.54) is 31.4 Å². The largest absolute Gasteiger partial charge is 0.377 e. The average molecular weight is 411 g/mol. The number of nitrogens with one attached hydrogen (secondary N) is 1. The maximum atomic E-state index is 12.9. The molecule has 1 N–H and O–H groups in total. The lowest BCUT2D eigenvalue weighted by Crippen LogP contribution is -2.23. The first-order valence-corrected chi connectivity index (χ1v) is 11.8. The predicted octanol–water partition coefficient (Wildman–Crippen LogP) is 5.59. The molecule has 29 heavy (non-hydrogen) atoms. The third-order valence-electron chi connectivity index (χ3n) is 5.68. The van der Waals surface area contributed by atoms with Crippen LogP contribution in [0.4, 0.5) is 11.4 Å². The maximum Gasteiger partial charge on any atom is 0.256 e. The molecule has 4 nitrogen and oxygen atoms in total. The van der Waals surface area contributed by atoms with Crippen LogP contribution in [0.25, 0.3) is 0 Å². The monoisotopic (exact) mass is 410 g/mol. The molecule has 0 aromatic heterocycles. The van der Waals surface area contributed by atoms with Crippen LogP contribution in [0.2, 0.25) is 0 Å². The van der Waals surface area contributed by atoms with Gasteiger partial charge in [0.25, 0.3) is 5.91 Å². The maximum absolute atomic E-state index is 12.9. The Bertz CT molecular complexity index is 795. The summed E-state index contributed by atoms with van der Waals surface area (Å²) >= 11 is 1.71. The van der Waals surface area contributed by atoms with Crippen molar-refractivity contribution < 1.29 is 9.53 Å². The fourth-order valence-electron chi connectivity index (χ4n) is 4.02. The van der Waals surface area contributed by atoms with Crippen molar-refractivity contribution in [3.8, 4) is 0 Å². The van der Waals surface area contributed by atoms with Crippen LogP contribution in [0.5, 0.6) is 0 Å². The summed E-state index contributed by atoms with van der Waals surface area (Å²) in [6.07, 6.45) is 7.75. The normalized spacial score (nSPS) is 19.7. The predicted molar refractivity (Wildman–Crippen MR) is 121 cm³/mol. The lowest BCUT2D eigenvalue weighted by molar-refractivity contribution is 0.102. The molecule has 0 radical (unpaired) electrons. The topological polar surface area (TPSA) is 41.6 Å². The van der Waals surface area contributed by atoms with Gasteiger partial charge in [-0.3, -0.25) is 4.79 Å². The van der Waals surface area contributed by atoms with Crippen molar-refractivity contribution in [3.05, 3.63) is 54.1 Å². The van der Waals surface area contributed by atoms with E-state index in [9.17, 15) is 4.79 Å². The summed E-state index contributed by atoms with van der Waals surface area (Å²) in [6.45, 7) is 3.11. The quantitative estimate of drug-likeness (QED) is 0.630. The fraction of sp³-hybridized carbons (Fsp3) is 0.458. The summed E-state index contributed by atoms with van der Waals surface area (Å²) in [5.41, 5.74) is 2.82. The molecule has 0 bridgehead atoms. The molecular weight excluding hydrogens is 380 g/mol. The second-order valence-corrected chi connectivity index (χ2v) is 8.91. The van der Waals surface area contributed by atoms with Gasteiger partial charge in [-0.05, 0) is 62.1 Å². The molecule has 1 atom stereocenters. The zero-order valence-corrected chi connectivity index (χ0v) is 17.8. The van der Waals surface area contributed by atoms with Crippen molar-refractivity contribution in [2.45, 2.75) is 49.5 Å². The molecule has 2 aliphatic heterocycles. The molecule has 0 spiro atoms. The van der Waals surface area contributed by atoms with E-state index in [0.29, 0.717) is 6.10 Å². The van der Waals surface area contributed by atoms with Gasteiger partial charge in [-0.1, -0.05) is 25.0 Å². The minimum atomic E-state index is -0.0528. The second kappa shape index (κ2) is 10.2. The van der Waals surface area contributed by atoms with E-state index in [2.05, 4.69) is 22.3 Å². The number of carbonyl (C=O) groups excluding carboxylic acids is 1. The van der Waals surface area contributed by atoms with E-state index in [-0.39, 0.29) is 5.91 Å². The Hall–Kier alpha value is -1.98. The fourth-order valence-corrected chi connectivity index (χ4v) is 5.14. The van der Waals surface area contributed by atoms with Crippen molar-refractivity contribution in [1.29, 1.82) is 0 Å². The van der Waals surface area contributed by atoms with Crippen LogP contribution in [0.1, 0.15) is 48.9 Å². The first kappa shape index (κ1) is 20.3. The molecule has 4 rings (SSSR count). The van der Waals surface area contributed by atoms with Crippen LogP contribution in [-0.4, -0.2) is 37.5 Å². The molecule has 0 saturated carbocycles. The molecule has 1 amide bonds. The van der Waals surface area contributed by atoms with Gasteiger partial charge in [0.05, 0.1) is 11.7 Å². The molecule has 5 heteroatoms. The van der Waals surface area contributed by atoms with Crippen LogP contribution in [-0.2, 0) is 4.74 Å². The molecule has 0 unspecified atom stereocenters. The van der Waals surface area contributed by atoms with E-state index >= 15 is 0 Å². The summed E-state index contributed by atoms with van der Waals surface area (Å²) in [7, 11) is 0. The first-order chi connectivity index (χ1) is 14.3. The van der Waals surface area contributed by atoms with Crippen molar-refractivity contribution in [2.75, 3.05) is 35.7 Å². The summed E-state index contributed by atoms with van der Waals surface area (Å²) in [5, 5.41) is 3.07. The summed E-state index contributed by atoms with van der Waals surface area (Å²) < 4.78 is 5.71. The highest BCUT2D eigenvalue weighted by atomic mass is 32.2. The molecule has 2 heterocycles. The lowest BCUT2D eigenvalue weighted by atomic mass is 10.2. The van der Waals surface area contributed by atoms with Crippen LogP contribution in [0.3, 0.4) is 0 Å². The number of amides is 1. The van der Waals surface area contributed by atoms with Gasteiger partial charge in [0.15, 0.2) is 0 Å². The van der Waals surface area contributed by atoms with Gasteiger partial charge in [-0.2, -0.15) is 0 Å². The standard InChI is InChI=1S/C24H30N2O2S/c27-24(22-9-3-4-10-23(22)29-18-21-8-7-17-28-21)25-19-11-13-20(14-12-19)26-15-5-1-2-6-16-26/h3-4,9-14,21H,1-2,5-8,15-18H2,(H,25,27)/t21-/m1/s1. The number of hydrogen-bond acceptors (Lipinski definition) is 4. The van der Waals surface area contributed by atoms with Crippen molar-refractivity contribution in [2.24, 2.45) is 0 Å². The highest BCUT2D eigenvalue weighted by molar-refractivity contribution is 7.99. The Morgan fingerprint density at radius 1 is 1.00 bits per heavy atom. The van der Waals surface area contributed by atoms with Crippen molar-refractivity contribution in [1.82, 2.24) is 0 Å². The van der Waals surface area contributed by atoms with Crippen LogP contribution in [0, 0.1) is 0 Å². The van der Waals surface area contributed by atoms with Gasteiger partial charge in [0.1, 0.15) is 0 Å². The molecular formula is C24H30N2O2S. The number of rotatable bonds is 6. The molecule has 0 aliphatic carbocycles. The highest BCUT2D eigenvalue weighted by Gasteiger charge is 2.18. The zero-order chi connectivity index (χ0) is 19.9. The molecule has 2 aliphatic rings.